The number of rotatable bonds is 3. The third-order valence-corrected chi connectivity index (χ3v) is 4.08. The average molecular weight is 307 g/mol. The van der Waals surface area contributed by atoms with Crippen LogP contribution in [-0.4, -0.2) is 21.6 Å². The van der Waals surface area contributed by atoms with Gasteiger partial charge in [-0.1, -0.05) is 35.3 Å². The van der Waals surface area contributed by atoms with Crippen LogP contribution in [0.1, 0.15) is 17.2 Å². The molecule has 1 atom stereocenters. The maximum absolute atomic E-state index is 6.32. The van der Waals surface area contributed by atoms with Crippen molar-refractivity contribution in [1.82, 2.24) is 19.9 Å². The summed E-state index contributed by atoms with van der Waals surface area (Å²) in [6, 6.07) is 5.52. The van der Waals surface area contributed by atoms with Gasteiger partial charge in [-0.15, -0.1) is 0 Å². The van der Waals surface area contributed by atoms with Gasteiger partial charge in [0.2, 0.25) is 0 Å². The van der Waals surface area contributed by atoms with Crippen LogP contribution in [-0.2, 0) is 0 Å². The molecule has 0 spiro atoms. The minimum absolute atomic E-state index is 0.0945. The Bertz CT molecular complexity index is 754. The number of hydrogen-bond acceptors (Lipinski definition) is 3. The quantitative estimate of drug-likeness (QED) is 0.807. The number of benzene rings is 1. The van der Waals surface area contributed by atoms with Crippen molar-refractivity contribution >= 4 is 28.7 Å². The van der Waals surface area contributed by atoms with Crippen LogP contribution in [0.2, 0.25) is 10.0 Å². The molecule has 1 N–H and O–H groups in total. The minimum atomic E-state index is -0.0945. The van der Waals surface area contributed by atoms with Crippen molar-refractivity contribution in [3.8, 4) is 0 Å². The Hall–Kier alpha value is -1.62. The van der Waals surface area contributed by atoms with Gasteiger partial charge in [-0.2, -0.15) is 5.10 Å². The van der Waals surface area contributed by atoms with Gasteiger partial charge in [-0.3, -0.25) is 4.98 Å². The summed E-state index contributed by atoms with van der Waals surface area (Å²) in [7, 11) is 1.88. The Labute approximate surface area is 126 Å². The molecule has 20 heavy (non-hydrogen) atoms. The Kier molecular flexibility index (Phi) is 3.61. The molecule has 0 aliphatic rings. The molecule has 0 amide bonds. The van der Waals surface area contributed by atoms with Gasteiger partial charge in [0.25, 0.3) is 0 Å². The molecule has 2 heterocycles. The average Bonchev–Trinajstić information content (AvgIpc) is 2.88. The standard InChI is InChI=1S/C14H12Cl2N4/c1-17-14(9-3-2-4-11(15)13(9)16)10-7-19-20-6-5-18-8-12(10)20/h2-8,14,17H,1H3. The Balaban J connectivity index is 2.17. The van der Waals surface area contributed by atoms with E-state index in [-0.39, 0.29) is 6.04 Å². The van der Waals surface area contributed by atoms with E-state index in [1.54, 1.807) is 23.0 Å². The molecule has 2 aromatic heterocycles. The number of nitrogens with one attached hydrogen (secondary N) is 1. The van der Waals surface area contributed by atoms with E-state index in [0.29, 0.717) is 10.0 Å². The van der Waals surface area contributed by atoms with Gasteiger partial charge in [0.05, 0.1) is 34.0 Å². The van der Waals surface area contributed by atoms with Crippen molar-refractivity contribution in [2.75, 3.05) is 7.05 Å². The summed E-state index contributed by atoms with van der Waals surface area (Å²) in [5.74, 6) is 0. The fraction of sp³-hybridized carbons (Fsp3) is 0.143. The first-order chi connectivity index (χ1) is 9.72. The molecule has 0 fully saturated rings. The van der Waals surface area contributed by atoms with Gasteiger partial charge in [0, 0.05) is 18.0 Å². The van der Waals surface area contributed by atoms with E-state index in [2.05, 4.69) is 15.4 Å². The van der Waals surface area contributed by atoms with Crippen molar-refractivity contribution in [2.24, 2.45) is 0 Å². The molecule has 0 saturated heterocycles. The van der Waals surface area contributed by atoms with E-state index in [0.717, 1.165) is 16.6 Å². The van der Waals surface area contributed by atoms with Gasteiger partial charge >= 0.3 is 0 Å². The first kappa shape index (κ1) is 13.4. The monoisotopic (exact) mass is 306 g/mol. The third-order valence-electron chi connectivity index (χ3n) is 3.25. The zero-order chi connectivity index (χ0) is 14.1. The molecule has 1 unspecified atom stereocenters. The Morgan fingerprint density at radius 3 is 2.85 bits per heavy atom. The molecular formula is C14H12Cl2N4. The first-order valence-corrected chi connectivity index (χ1v) is 6.86. The molecule has 6 heteroatoms. The van der Waals surface area contributed by atoms with Crippen LogP contribution in [0.5, 0.6) is 0 Å². The molecule has 102 valence electrons. The van der Waals surface area contributed by atoms with Gasteiger partial charge in [0.1, 0.15) is 0 Å². The normalized spacial score (nSPS) is 12.8. The maximum Gasteiger partial charge on any atom is 0.0896 e. The van der Waals surface area contributed by atoms with E-state index in [1.807, 2.05) is 31.6 Å². The predicted octanol–water partition coefficient (Wildman–Crippen LogP) is 3.34. The van der Waals surface area contributed by atoms with Crippen LogP contribution in [0.25, 0.3) is 5.52 Å². The number of fused-ring (bicyclic) bond motifs is 1. The lowest BCUT2D eigenvalue weighted by molar-refractivity contribution is 0.696. The maximum atomic E-state index is 6.32. The molecule has 0 radical (unpaired) electrons. The van der Waals surface area contributed by atoms with E-state index >= 15 is 0 Å². The largest absolute Gasteiger partial charge is 0.309 e. The predicted molar refractivity (Wildman–Crippen MR) is 80.4 cm³/mol. The van der Waals surface area contributed by atoms with Crippen LogP contribution in [0, 0.1) is 0 Å². The second-order valence-corrected chi connectivity index (χ2v) is 5.16. The van der Waals surface area contributed by atoms with Crippen molar-refractivity contribution in [1.29, 1.82) is 0 Å². The smallest absolute Gasteiger partial charge is 0.0896 e. The lowest BCUT2D eigenvalue weighted by Gasteiger charge is -2.17. The summed E-state index contributed by atoms with van der Waals surface area (Å²) in [5, 5.41) is 8.68. The molecule has 0 saturated carbocycles. The summed E-state index contributed by atoms with van der Waals surface area (Å²) in [4.78, 5) is 4.15. The van der Waals surface area contributed by atoms with Gasteiger partial charge < -0.3 is 5.32 Å². The highest BCUT2D eigenvalue weighted by atomic mass is 35.5. The van der Waals surface area contributed by atoms with Crippen LogP contribution < -0.4 is 5.32 Å². The fourth-order valence-corrected chi connectivity index (χ4v) is 2.71. The molecule has 0 bridgehead atoms. The molecule has 4 nitrogen and oxygen atoms in total. The van der Waals surface area contributed by atoms with E-state index in [1.165, 1.54) is 0 Å². The number of aromatic nitrogens is 3. The van der Waals surface area contributed by atoms with Crippen molar-refractivity contribution < 1.29 is 0 Å². The second kappa shape index (κ2) is 5.40. The van der Waals surface area contributed by atoms with Gasteiger partial charge in [-0.05, 0) is 18.7 Å². The second-order valence-electron chi connectivity index (χ2n) is 4.37. The molecular weight excluding hydrogens is 295 g/mol. The zero-order valence-electron chi connectivity index (χ0n) is 10.7. The molecule has 0 aliphatic carbocycles. The Morgan fingerprint density at radius 1 is 1.20 bits per heavy atom. The Morgan fingerprint density at radius 2 is 2.05 bits per heavy atom. The highest BCUT2D eigenvalue weighted by molar-refractivity contribution is 6.42. The van der Waals surface area contributed by atoms with Gasteiger partial charge in [-0.25, -0.2) is 4.52 Å². The van der Waals surface area contributed by atoms with Crippen molar-refractivity contribution in [3.63, 3.8) is 0 Å². The highest BCUT2D eigenvalue weighted by Crippen LogP contribution is 2.34. The topological polar surface area (TPSA) is 42.2 Å². The van der Waals surface area contributed by atoms with Crippen molar-refractivity contribution in [2.45, 2.75) is 6.04 Å². The minimum Gasteiger partial charge on any atom is -0.309 e. The number of hydrogen-bond donors (Lipinski definition) is 1. The van der Waals surface area contributed by atoms with Gasteiger partial charge in [0.15, 0.2) is 0 Å². The van der Waals surface area contributed by atoms with Crippen LogP contribution in [0.3, 0.4) is 0 Å². The lowest BCUT2D eigenvalue weighted by atomic mass is 10.0. The summed E-state index contributed by atoms with van der Waals surface area (Å²) in [6.45, 7) is 0. The first-order valence-electron chi connectivity index (χ1n) is 6.11. The van der Waals surface area contributed by atoms with Crippen LogP contribution in [0.15, 0.2) is 43.0 Å². The summed E-state index contributed by atoms with van der Waals surface area (Å²) < 4.78 is 1.78. The summed E-state index contributed by atoms with van der Waals surface area (Å²) >= 11 is 12.4. The summed E-state index contributed by atoms with van der Waals surface area (Å²) in [5.41, 5.74) is 2.85. The van der Waals surface area contributed by atoms with Crippen molar-refractivity contribution in [3.05, 3.63) is 64.2 Å². The lowest BCUT2D eigenvalue weighted by Crippen LogP contribution is -2.18. The van der Waals surface area contributed by atoms with E-state index in [9.17, 15) is 0 Å². The molecule has 3 aromatic rings. The van der Waals surface area contributed by atoms with E-state index in [4.69, 9.17) is 23.2 Å². The van der Waals surface area contributed by atoms with Crippen LogP contribution >= 0.6 is 23.2 Å². The third kappa shape index (κ3) is 2.16. The zero-order valence-corrected chi connectivity index (χ0v) is 12.2. The number of nitrogens with zero attached hydrogens (tertiary/aromatic N) is 3. The molecule has 1 aromatic carbocycles. The SMILES string of the molecule is CNC(c1cccc(Cl)c1Cl)c1cnn2ccncc12. The fourth-order valence-electron chi connectivity index (χ4n) is 2.30. The molecule has 3 rings (SSSR count). The summed E-state index contributed by atoms with van der Waals surface area (Å²) in [6.07, 6.45) is 7.11. The molecule has 0 aliphatic heterocycles. The van der Waals surface area contributed by atoms with E-state index < -0.39 is 0 Å². The van der Waals surface area contributed by atoms with Crippen LogP contribution in [0.4, 0.5) is 0 Å². The highest BCUT2D eigenvalue weighted by Gasteiger charge is 2.20. The number of halogens is 2.